The summed E-state index contributed by atoms with van der Waals surface area (Å²) < 4.78 is 0. The number of hydrogen-bond donors (Lipinski definition) is 0. The second kappa shape index (κ2) is 17.2. The quantitative estimate of drug-likeness (QED) is 0.391. The van der Waals surface area contributed by atoms with Crippen LogP contribution in [0, 0.1) is 86.6 Å². The van der Waals surface area contributed by atoms with Crippen LogP contribution in [0.25, 0.3) is 0 Å². The first-order chi connectivity index (χ1) is 4.86. The van der Waals surface area contributed by atoms with Gasteiger partial charge in [0.25, 0.3) is 0 Å². The summed E-state index contributed by atoms with van der Waals surface area (Å²) in [6, 6.07) is 0. The minimum Gasteiger partial charge on any atom is -0.381 e. The van der Waals surface area contributed by atoms with Gasteiger partial charge in [-0.15, -0.1) is 0 Å². The second-order valence-corrected chi connectivity index (χ2v) is 4.46. The molecule has 80 valence electrons. The van der Waals surface area contributed by atoms with Crippen LogP contribution < -0.4 is 0 Å². The van der Waals surface area contributed by atoms with Gasteiger partial charge in [0.05, 0.1) is 0 Å². The van der Waals surface area contributed by atoms with E-state index in [1.165, 1.54) is 22.0 Å². The Hall–Kier alpha value is 4.18. The van der Waals surface area contributed by atoms with E-state index >= 15 is 0 Å². The van der Waals surface area contributed by atoms with Crippen LogP contribution in [-0.4, -0.2) is 11.5 Å². The molecule has 0 spiro atoms. The van der Waals surface area contributed by atoms with Crippen molar-refractivity contribution in [3.8, 4) is 0 Å². The normalized spacial score (nSPS) is 16.7. The van der Waals surface area contributed by atoms with E-state index in [2.05, 4.69) is 13.8 Å². The van der Waals surface area contributed by atoms with E-state index in [0.717, 1.165) is 12.8 Å². The Morgan fingerprint density at radius 3 is 1.29 bits per heavy atom. The third-order valence-electron chi connectivity index (χ3n) is 1.43. The van der Waals surface area contributed by atoms with E-state index in [9.17, 15) is 0 Å². The molecule has 6 heteroatoms. The molecular formula is C8H12S2U2W2-4. The topological polar surface area (TPSA) is 0 Å². The minimum atomic E-state index is 0. The summed E-state index contributed by atoms with van der Waals surface area (Å²) in [5.41, 5.74) is 0. The molecule has 0 saturated carbocycles. The van der Waals surface area contributed by atoms with E-state index in [0.29, 0.717) is 0 Å². The van der Waals surface area contributed by atoms with Gasteiger partial charge in [-0.1, -0.05) is 0 Å². The van der Waals surface area contributed by atoms with Crippen LogP contribution >= 0.6 is 23.5 Å². The van der Waals surface area contributed by atoms with Crippen molar-refractivity contribution < 1.29 is 104 Å². The fourth-order valence-corrected chi connectivity index (χ4v) is 3.06. The van der Waals surface area contributed by atoms with Crippen molar-refractivity contribution in [2.45, 2.75) is 12.8 Å². The standard InChI is InChI=1S/C8H12S2.2U.2W/c1-3-7-5-10-8(4-2)6-9-7;;;;/h1-6H2;;;;/q-4;;;;. The van der Waals surface area contributed by atoms with Crippen molar-refractivity contribution in [3.63, 3.8) is 0 Å². The third-order valence-corrected chi connectivity index (χ3v) is 4.30. The number of rotatable bonds is 2. The van der Waals surface area contributed by atoms with Gasteiger partial charge < -0.3 is 50.2 Å². The molecular weight excluding hydrogens is 1000 g/mol. The van der Waals surface area contributed by atoms with Gasteiger partial charge in [-0.25, -0.2) is 0 Å². The Morgan fingerprint density at radius 1 is 0.857 bits per heavy atom. The average molecular weight is 1020 g/mol. The molecule has 1 fully saturated rings. The molecule has 1 aliphatic heterocycles. The van der Waals surface area contributed by atoms with E-state index in [1.54, 1.807) is 0 Å². The van der Waals surface area contributed by atoms with Gasteiger partial charge in [-0.3, -0.25) is 10.5 Å². The SMILES string of the molecule is [CH2-]C[C-]1CS[C-](C[CH2-])CS1.[U].[U].[W].[W]. The third kappa shape index (κ3) is 11.3. The summed E-state index contributed by atoms with van der Waals surface area (Å²) in [5.74, 6) is 2.33. The Labute approximate surface area is 173 Å². The molecule has 14 heavy (non-hydrogen) atoms. The molecule has 0 radical (unpaired) electrons. The molecule has 1 rings (SSSR count). The maximum absolute atomic E-state index is 3.86. The molecule has 0 aromatic rings. The van der Waals surface area contributed by atoms with Crippen LogP contribution in [-0.2, 0) is 42.1 Å². The summed E-state index contributed by atoms with van der Waals surface area (Å²) in [4.78, 5) is 0. The molecule has 0 atom stereocenters. The Bertz CT molecular complexity index is 89.3. The smallest absolute Gasteiger partial charge is 0 e. The average Bonchev–Trinajstić information content (AvgIpc) is 2.05. The molecule has 0 aromatic carbocycles. The van der Waals surface area contributed by atoms with Crippen LogP contribution in [0.5, 0.6) is 0 Å². The van der Waals surface area contributed by atoms with E-state index in [4.69, 9.17) is 0 Å². The molecule has 0 amide bonds. The monoisotopic (exact) mass is 1020 g/mol. The molecule has 0 unspecified atom stereocenters. The van der Waals surface area contributed by atoms with Crippen molar-refractivity contribution >= 4 is 23.5 Å². The van der Waals surface area contributed by atoms with Gasteiger partial charge in [0.2, 0.25) is 0 Å². The zero-order valence-electron chi connectivity index (χ0n) is 7.88. The fraction of sp³-hybridized carbons (Fsp3) is 0.500. The van der Waals surface area contributed by atoms with Gasteiger partial charge in [0.15, 0.2) is 0 Å². The summed E-state index contributed by atoms with van der Waals surface area (Å²) in [6.45, 7) is 7.73. The molecule has 0 bridgehead atoms. The minimum absolute atomic E-state index is 0. The molecule has 0 N–H and O–H groups in total. The van der Waals surface area contributed by atoms with E-state index in [-0.39, 0.29) is 104 Å². The molecule has 1 saturated heterocycles. The van der Waals surface area contributed by atoms with Gasteiger partial charge in [0.1, 0.15) is 0 Å². The first-order valence-corrected chi connectivity index (χ1v) is 5.37. The number of hydrogen-bond acceptors (Lipinski definition) is 2. The van der Waals surface area contributed by atoms with Crippen molar-refractivity contribution in [2.75, 3.05) is 11.5 Å². The zero-order valence-corrected chi connectivity index (χ0v) is 23.7. The van der Waals surface area contributed by atoms with Crippen molar-refractivity contribution in [2.24, 2.45) is 0 Å². The van der Waals surface area contributed by atoms with E-state index in [1.807, 2.05) is 23.5 Å². The van der Waals surface area contributed by atoms with Crippen LogP contribution in [0.3, 0.4) is 0 Å². The Balaban J connectivity index is -0.000000125. The van der Waals surface area contributed by atoms with Crippen LogP contribution in [0.4, 0.5) is 0 Å². The Kier molecular flexibility index (Phi) is 32.7. The maximum atomic E-state index is 3.86. The predicted molar refractivity (Wildman–Crippen MR) is 51.4 cm³/mol. The van der Waals surface area contributed by atoms with Gasteiger partial charge in [0, 0.05) is 104 Å². The molecule has 0 nitrogen and oxygen atoms in total. The van der Waals surface area contributed by atoms with Crippen LogP contribution in [0.1, 0.15) is 12.8 Å². The molecule has 0 aliphatic carbocycles. The summed E-state index contributed by atoms with van der Waals surface area (Å²) >= 11 is 3.90. The first kappa shape index (κ1) is 26.7. The van der Waals surface area contributed by atoms with Gasteiger partial charge in [-0.05, 0) is 0 Å². The van der Waals surface area contributed by atoms with Gasteiger partial charge in [-0.2, -0.15) is 11.5 Å². The van der Waals surface area contributed by atoms with Crippen molar-refractivity contribution in [1.82, 2.24) is 0 Å². The summed E-state index contributed by atoms with van der Waals surface area (Å²) in [7, 11) is 0. The van der Waals surface area contributed by atoms with Crippen LogP contribution in [0.2, 0.25) is 0 Å². The van der Waals surface area contributed by atoms with E-state index < -0.39 is 0 Å². The Morgan fingerprint density at radius 2 is 1.14 bits per heavy atom. The van der Waals surface area contributed by atoms with Gasteiger partial charge >= 0.3 is 0 Å². The first-order valence-electron chi connectivity index (χ1n) is 3.40. The predicted octanol–water partition coefficient (Wildman–Crippen LogP) is 2.97. The fourth-order valence-electron chi connectivity index (χ4n) is 0.737. The summed E-state index contributed by atoms with van der Waals surface area (Å²) in [5, 5.41) is 3.06. The molecule has 1 heterocycles. The zero-order chi connectivity index (χ0) is 7.40. The maximum Gasteiger partial charge on any atom is 0 e. The van der Waals surface area contributed by atoms with Crippen molar-refractivity contribution in [1.29, 1.82) is 0 Å². The van der Waals surface area contributed by atoms with Crippen LogP contribution in [0.15, 0.2) is 0 Å². The number of thioether (sulfide) groups is 2. The summed E-state index contributed by atoms with van der Waals surface area (Å²) in [6.07, 6.45) is 1.98. The molecule has 1 aliphatic rings. The molecule has 0 aromatic heterocycles. The largest absolute Gasteiger partial charge is 0.381 e. The second-order valence-electron chi connectivity index (χ2n) is 2.15. The van der Waals surface area contributed by atoms with Crippen molar-refractivity contribution in [3.05, 3.63) is 24.3 Å².